The predicted octanol–water partition coefficient (Wildman–Crippen LogP) is 7.21. The molecule has 3 fully saturated rings. The van der Waals surface area contributed by atoms with Crippen LogP contribution in [0, 0.1) is 11.8 Å². The van der Waals surface area contributed by atoms with Gasteiger partial charge in [0.25, 0.3) is 0 Å². The molecule has 2 aromatic carbocycles. The Morgan fingerprint density at radius 2 is 1.59 bits per heavy atom. The highest BCUT2D eigenvalue weighted by atomic mass is 16.6. The van der Waals surface area contributed by atoms with Gasteiger partial charge in [-0.3, -0.25) is 4.90 Å². The number of methoxy groups -OCH3 is 1. The van der Waals surface area contributed by atoms with E-state index in [2.05, 4.69) is 60.7 Å². The normalized spacial score (nSPS) is 27.5. The van der Waals surface area contributed by atoms with Gasteiger partial charge in [-0.05, 0) is 92.4 Å². The van der Waals surface area contributed by atoms with E-state index in [0.29, 0.717) is 19.1 Å². The van der Waals surface area contributed by atoms with E-state index in [0.717, 1.165) is 17.5 Å². The summed E-state index contributed by atoms with van der Waals surface area (Å²) in [6.07, 6.45) is 12.5. The standard InChI is InChI=1S/C30H37NO3/c1-33-21-29-20-31(30(32)34-29)28-17-15-27(16-18-28)26-13-11-25(12-14-26)24-9-7-23(8-10-24)19-22-5-3-2-4-6-22/h2-6,15-19,24-26,29H,7-14,20-21H2,1H3. The Bertz CT molecular complexity index is 966. The van der Waals surface area contributed by atoms with Crippen molar-refractivity contribution >= 4 is 17.9 Å². The maximum absolute atomic E-state index is 12.2. The number of rotatable bonds is 6. The number of amides is 1. The lowest BCUT2D eigenvalue weighted by Gasteiger charge is -2.36. The van der Waals surface area contributed by atoms with Crippen molar-refractivity contribution in [1.29, 1.82) is 0 Å². The molecule has 1 unspecified atom stereocenters. The minimum atomic E-state index is -0.274. The number of hydrogen-bond acceptors (Lipinski definition) is 3. The number of benzene rings is 2. The molecule has 0 aromatic heterocycles. The van der Waals surface area contributed by atoms with Gasteiger partial charge in [0.15, 0.2) is 0 Å². The molecule has 3 aliphatic rings. The summed E-state index contributed by atoms with van der Waals surface area (Å²) in [7, 11) is 1.63. The van der Waals surface area contributed by atoms with Crippen LogP contribution >= 0.6 is 0 Å². The molecule has 5 rings (SSSR count). The first-order chi connectivity index (χ1) is 16.7. The van der Waals surface area contributed by atoms with Crippen molar-refractivity contribution in [1.82, 2.24) is 0 Å². The van der Waals surface area contributed by atoms with E-state index in [1.165, 1.54) is 62.5 Å². The van der Waals surface area contributed by atoms with Crippen molar-refractivity contribution < 1.29 is 14.3 Å². The molecule has 0 spiro atoms. The molecule has 1 aliphatic heterocycles. The van der Waals surface area contributed by atoms with Crippen LogP contribution in [0.2, 0.25) is 0 Å². The number of carbonyl (C=O) groups excluding carboxylic acids is 1. The third kappa shape index (κ3) is 5.38. The van der Waals surface area contributed by atoms with E-state index >= 15 is 0 Å². The zero-order chi connectivity index (χ0) is 23.3. The fourth-order valence-electron chi connectivity index (χ4n) is 6.27. The summed E-state index contributed by atoms with van der Waals surface area (Å²) in [5.74, 6) is 2.44. The second-order valence-corrected chi connectivity index (χ2v) is 10.3. The number of ether oxygens (including phenoxy) is 2. The van der Waals surface area contributed by atoms with Crippen LogP contribution in [-0.2, 0) is 9.47 Å². The topological polar surface area (TPSA) is 38.8 Å². The molecule has 0 bridgehead atoms. The summed E-state index contributed by atoms with van der Waals surface area (Å²) < 4.78 is 10.5. The van der Waals surface area contributed by atoms with E-state index in [-0.39, 0.29) is 12.2 Å². The van der Waals surface area contributed by atoms with Crippen LogP contribution in [-0.4, -0.2) is 32.5 Å². The van der Waals surface area contributed by atoms with Crippen molar-refractivity contribution in [3.05, 3.63) is 71.3 Å². The molecule has 1 atom stereocenters. The zero-order valence-electron chi connectivity index (χ0n) is 20.3. The molecule has 2 aromatic rings. The Labute approximate surface area is 203 Å². The monoisotopic (exact) mass is 459 g/mol. The van der Waals surface area contributed by atoms with Gasteiger partial charge >= 0.3 is 6.09 Å². The third-order valence-electron chi connectivity index (χ3n) is 8.18. The minimum Gasteiger partial charge on any atom is -0.441 e. The summed E-state index contributed by atoms with van der Waals surface area (Å²) in [4.78, 5) is 13.9. The maximum Gasteiger partial charge on any atom is 0.414 e. The molecule has 0 N–H and O–H groups in total. The lowest BCUT2D eigenvalue weighted by atomic mass is 9.69. The third-order valence-corrected chi connectivity index (χ3v) is 8.18. The molecule has 1 saturated heterocycles. The molecular formula is C30H37NO3. The largest absolute Gasteiger partial charge is 0.441 e. The van der Waals surface area contributed by atoms with Crippen molar-refractivity contribution in [3.63, 3.8) is 0 Å². The maximum atomic E-state index is 12.2. The summed E-state index contributed by atoms with van der Waals surface area (Å²) in [5.41, 5.74) is 5.31. The smallest absolute Gasteiger partial charge is 0.414 e. The van der Waals surface area contributed by atoms with Crippen molar-refractivity contribution in [2.45, 2.75) is 63.4 Å². The van der Waals surface area contributed by atoms with Gasteiger partial charge < -0.3 is 9.47 Å². The summed E-state index contributed by atoms with van der Waals surface area (Å²) in [5, 5.41) is 0. The first kappa shape index (κ1) is 23.2. The molecule has 180 valence electrons. The van der Waals surface area contributed by atoms with Crippen LogP contribution in [0.25, 0.3) is 6.08 Å². The molecular weight excluding hydrogens is 422 g/mol. The van der Waals surface area contributed by atoms with Gasteiger partial charge in [0.2, 0.25) is 0 Å². The van der Waals surface area contributed by atoms with Crippen LogP contribution in [0.4, 0.5) is 10.5 Å². The van der Waals surface area contributed by atoms with Gasteiger partial charge in [0, 0.05) is 12.8 Å². The summed E-state index contributed by atoms with van der Waals surface area (Å²) in [6, 6.07) is 19.4. The molecule has 2 aliphatic carbocycles. The molecule has 34 heavy (non-hydrogen) atoms. The zero-order valence-corrected chi connectivity index (χ0v) is 20.3. The average Bonchev–Trinajstić information content (AvgIpc) is 3.25. The van der Waals surface area contributed by atoms with E-state index in [9.17, 15) is 4.79 Å². The number of anilines is 1. The number of cyclic esters (lactones) is 1. The van der Waals surface area contributed by atoms with Gasteiger partial charge in [-0.15, -0.1) is 0 Å². The highest BCUT2D eigenvalue weighted by Gasteiger charge is 2.33. The number of allylic oxidation sites excluding steroid dienone is 1. The Kier molecular flexibility index (Phi) is 7.34. The Morgan fingerprint density at radius 1 is 0.912 bits per heavy atom. The van der Waals surface area contributed by atoms with Crippen molar-refractivity contribution in [3.8, 4) is 0 Å². The molecule has 4 nitrogen and oxygen atoms in total. The molecule has 0 radical (unpaired) electrons. The fourth-order valence-corrected chi connectivity index (χ4v) is 6.27. The average molecular weight is 460 g/mol. The highest BCUT2D eigenvalue weighted by molar-refractivity contribution is 5.89. The lowest BCUT2D eigenvalue weighted by Crippen LogP contribution is -2.25. The van der Waals surface area contributed by atoms with Gasteiger partial charge in [0.05, 0.1) is 13.2 Å². The summed E-state index contributed by atoms with van der Waals surface area (Å²) >= 11 is 0. The first-order valence-corrected chi connectivity index (χ1v) is 13.0. The quantitative estimate of drug-likeness (QED) is 0.458. The first-order valence-electron chi connectivity index (χ1n) is 13.0. The Morgan fingerprint density at radius 3 is 2.26 bits per heavy atom. The second kappa shape index (κ2) is 10.8. The van der Waals surface area contributed by atoms with Gasteiger partial charge in [-0.1, -0.05) is 54.1 Å². The molecule has 2 saturated carbocycles. The second-order valence-electron chi connectivity index (χ2n) is 10.3. The molecule has 4 heteroatoms. The highest BCUT2D eigenvalue weighted by Crippen LogP contribution is 2.44. The minimum absolute atomic E-state index is 0.183. The fraction of sp³-hybridized carbons (Fsp3) is 0.500. The van der Waals surface area contributed by atoms with Gasteiger partial charge in [-0.25, -0.2) is 4.79 Å². The SMILES string of the molecule is COCC1CN(c2ccc(C3CCC(C4CCC(=Cc5ccccc5)CC4)CC3)cc2)C(=O)O1. The van der Waals surface area contributed by atoms with Crippen LogP contribution in [0.15, 0.2) is 60.2 Å². The predicted molar refractivity (Wildman–Crippen MR) is 137 cm³/mol. The number of nitrogens with zero attached hydrogens (tertiary/aromatic N) is 1. The van der Waals surface area contributed by atoms with E-state index < -0.39 is 0 Å². The Hall–Kier alpha value is -2.59. The van der Waals surface area contributed by atoms with Crippen molar-refractivity contribution in [2.24, 2.45) is 11.8 Å². The van der Waals surface area contributed by atoms with Crippen LogP contribution in [0.5, 0.6) is 0 Å². The number of carbonyl (C=O) groups is 1. The number of hydrogen-bond donors (Lipinski definition) is 0. The van der Waals surface area contributed by atoms with Crippen LogP contribution in [0.1, 0.15) is 68.4 Å². The van der Waals surface area contributed by atoms with Gasteiger partial charge in [-0.2, -0.15) is 0 Å². The van der Waals surface area contributed by atoms with E-state index in [4.69, 9.17) is 9.47 Å². The Balaban J connectivity index is 1.10. The lowest BCUT2D eigenvalue weighted by molar-refractivity contribution is 0.0718. The van der Waals surface area contributed by atoms with E-state index in [1.807, 2.05) is 0 Å². The summed E-state index contributed by atoms with van der Waals surface area (Å²) in [6.45, 7) is 0.996. The van der Waals surface area contributed by atoms with Gasteiger partial charge in [0.1, 0.15) is 6.10 Å². The molecule has 1 amide bonds. The van der Waals surface area contributed by atoms with Crippen LogP contribution < -0.4 is 4.90 Å². The van der Waals surface area contributed by atoms with Crippen molar-refractivity contribution in [2.75, 3.05) is 25.2 Å². The molecule has 1 heterocycles. The van der Waals surface area contributed by atoms with Crippen LogP contribution in [0.3, 0.4) is 0 Å². The van der Waals surface area contributed by atoms with E-state index in [1.54, 1.807) is 17.6 Å².